The van der Waals surface area contributed by atoms with Gasteiger partial charge < -0.3 is 15.9 Å². The highest BCUT2D eigenvalue weighted by atomic mass is 19.1. The van der Waals surface area contributed by atoms with Gasteiger partial charge in [0.15, 0.2) is 0 Å². The fourth-order valence-corrected chi connectivity index (χ4v) is 1.15. The topological polar surface area (TPSA) is 79.4 Å². The number of nitrogens with zero attached hydrogens (tertiary/aromatic N) is 1. The summed E-state index contributed by atoms with van der Waals surface area (Å²) in [4.78, 5) is 3.34. The first-order valence-corrected chi connectivity index (χ1v) is 4.33. The Bertz CT molecular complexity index is 296. The second kappa shape index (κ2) is 4.99. The van der Waals surface area contributed by atoms with E-state index in [-0.39, 0.29) is 13.0 Å². The predicted molar refractivity (Wildman–Crippen MR) is 48.8 cm³/mol. The lowest BCUT2D eigenvalue weighted by Crippen LogP contribution is -2.21. The van der Waals surface area contributed by atoms with Gasteiger partial charge in [0.25, 0.3) is 0 Å². The molecule has 0 saturated carbocycles. The average molecular weight is 200 g/mol. The molecule has 1 rings (SSSR count). The summed E-state index contributed by atoms with van der Waals surface area (Å²) in [6, 6.07) is 2.54. The molecule has 0 bridgehead atoms. The molecule has 0 radical (unpaired) electrons. The van der Waals surface area contributed by atoms with E-state index in [0.717, 1.165) is 6.07 Å². The summed E-state index contributed by atoms with van der Waals surface area (Å²) >= 11 is 0. The fourth-order valence-electron chi connectivity index (χ4n) is 1.15. The van der Waals surface area contributed by atoms with Crippen LogP contribution in [0.5, 0.6) is 0 Å². The Morgan fingerprint density at radius 3 is 2.79 bits per heavy atom. The predicted octanol–water partition coefficient (Wildman–Crippen LogP) is -0.0362. The molecule has 0 spiro atoms. The summed E-state index contributed by atoms with van der Waals surface area (Å²) in [5, 5.41) is 18.9. The van der Waals surface area contributed by atoms with Crippen LogP contribution in [0.1, 0.15) is 18.1 Å². The van der Waals surface area contributed by atoms with Crippen LogP contribution in [0.2, 0.25) is 0 Å². The molecule has 0 aromatic carbocycles. The van der Waals surface area contributed by atoms with Crippen LogP contribution < -0.4 is 5.73 Å². The lowest BCUT2D eigenvalue weighted by molar-refractivity contribution is 0.0148. The third-order valence-electron chi connectivity index (χ3n) is 1.92. The van der Waals surface area contributed by atoms with Crippen LogP contribution in [-0.2, 0) is 0 Å². The van der Waals surface area contributed by atoms with Crippen molar-refractivity contribution in [2.75, 3.05) is 6.54 Å². The van der Waals surface area contributed by atoms with E-state index < -0.39 is 18.2 Å². The van der Waals surface area contributed by atoms with Gasteiger partial charge in [0.2, 0.25) is 5.95 Å². The third kappa shape index (κ3) is 2.73. The maximum atomic E-state index is 12.6. The molecule has 0 fully saturated rings. The quantitative estimate of drug-likeness (QED) is 0.596. The first-order valence-electron chi connectivity index (χ1n) is 4.33. The van der Waals surface area contributed by atoms with E-state index in [1.807, 2.05) is 0 Å². The molecule has 2 atom stereocenters. The van der Waals surface area contributed by atoms with Crippen LogP contribution in [-0.4, -0.2) is 27.8 Å². The van der Waals surface area contributed by atoms with Crippen LogP contribution in [0.15, 0.2) is 18.3 Å². The SMILES string of the molecule is NCCC(O)C(O)c1ccnc(F)c1. The van der Waals surface area contributed by atoms with Gasteiger partial charge >= 0.3 is 0 Å². The number of pyridine rings is 1. The molecule has 0 aliphatic heterocycles. The molecule has 78 valence electrons. The molecule has 4 nitrogen and oxygen atoms in total. The van der Waals surface area contributed by atoms with Crippen LogP contribution in [0.4, 0.5) is 4.39 Å². The number of hydrogen-bond acceptors (Lipinski definition) is 4. The van der Waals surface area contributed by atoms with Crippen molar-refractivity contribution in [2.45, 2.75) is 18.6 Å². The van der Waals surface area contributed by atoms with Crippen molar-refractivity contribution in [1.29, 1.82) is 0 Å². The number of aromatic nitrogens is 1. The molecule has 1 aromatic rings. The molecule has 0 amide bonds. The molecule has 1 aromatic heterocycles. The Morgan fingerprint density at radius 2 is 2.21 bits per heavy atom. The Hall–Kier alpha value is -1.04. The van der Waals surface area contributed by atoms with Crippen molar-refractivity contribution >= 4 is 0 Å². The summed E-state index contributed by atoms with van der Waals surface area (Å²) in [6.07, 6.45) is -0.577. The van der Waals surface area contributed by atoms with E-state index >= 15 is 0 Å². The van der Waals surface area contributed by atoms with Crippen LogP contribution in [0, 0.1) is 5.95 Å². The van der Waals surface area contributed by atoms with Crippen molar-refractivity contribution in [1.82, 2.24) is 4.98 Å². The van der Waals surface area contributed by atoms with Gasteiger partial charge in [-0.05, 0) is 30.7 Å². The first kappa shape index (κ1) is 11.0. The molecular weight excluding hydrogens is 187 g/mol. The van der Waals surface area contributed by atoms with Gasteiger partial charge in [-0.1, -0.05) is 0 Å². The Labute approximate surface area is 81.2 Å². The number of aliphatic hydroxyl groups is 2. The van der Waals surface area contributed by atoms with E-state index in [9.17, 15) is 14.6 Å². The van der Waals surface area contributed by atoms with E-state index in [1.165, 1.54) is 12.3 Å². The molecule has 2 unspecified atom stereocenters. The maximum Gasteiger partial charge on any atom is 0.213 e. The number of rotatable bonds is 4. The van der Waals surface area contributed by atoms with Crippen LogP contribution in [0.25, 0.3) is 0 Å². The van der Waals surface area contributed by atoms with Gasteiger partial charge in [-0.3, -0.25) is 0 Å². The zero-order chi connectivity index (χ0) is 10.6. The number of hydrogen-bond donors (Lipinski definition) is 3. The zero-order valence-electron chi connectivity index (χ0n) is 7.60. The van der Waals surface area contributed by atoms with Gasteiger partial charge in [-0.15, -0.1) is 0 Å². The molecule has 1 heterocycles. The Morgan fingerprint density at radius 1 is 1.50 bits per heavy atom. The second-order valence-corrected chi connectivity index (χ2v) is 3.00. The Kier molecular flexibility index (Phi) is 3.94. The maximum absolute atomic E-state index is 12.6. The minimum absolute atomic E-state index is 0.269. The van der Waals surface area contributed by atoms with Gasteiger partial charge in [-0.25, -0.2) is 4.98 Å². The van der Waals surface area contributed by atoms with Crippen LogP contribution in [0.3, 0.4) is 0 Å². The van der Waals surface area contributed by atoms with E-state index in [1.54, 1.807) is 0 Å². The van der Waals surface area contributed by atoms with Crippen molar-refractivity contribution in [3.63, 3.8) is 0 Å². The number of nitrogens with two attached hydrogens (primary N) is 1. The van der Waals surface area contributed by atoms with E-state index in [0.29, 0.717) is 5.56 Å². The lowest BCUT2D eigenvalue weighted by atomic mass is 10.0. The number of halogens is 1. The summed E-state index contributed by atoms with van der Waals surface area (Å²) in [7, 11) is 0. The summed E-state index contributed by atoms with van der Waals surface area (Å²) in [5.74, 6) is -0.679. The minimum atomic E-state index is -1.11. The lowest BCUT2D eigenvalue weighted by Gasteiger charge is -2.16. The molecular formula is C9H13FN2O2. The summed E-state index contributed by atoms with van der Waals surface area (Å²) in [5.41, 5.74) is 5.52. The molecule has 0 aliphatic carbocycles. The molecule has 5 heteroatoms. The van der Waals surface area contributed by atoms with Gasteiger partial charge in [-0.2, -0.15) is 4.39 Å². The van der Waals surface area contributed by atoms with Crippen molar-refractivity contribution < 1.29 is 14.6 Å². The highest BCUT2D eigenvalue weighted by Gasteiger charge is 2.17. The van der Waals surface area contributed by atoms with E-state index in [2.05, 4.69) is 4.98 Å². The third-order valence-corrected chi connectivity index (χ3v) is 1.92. The zero-order valence-corrected chi connectivity index (χ0v) is 7.60. The van der Waals surface area contributed by atoms with Crippen molar-refractivity contribution in [2.24, 2.45) is 5.73 Å². The smallest absolute Gasteiger partial charge is 0.213 e. The summed E-state index contributed by atoms with van der Waals surface area (Å²) in [6.45, 7) is 0.270. The van der Waals surface area contributed by atoms with Crippen molar-refractivity contribution in [3.05, 3.63) is 29.8 Å². The van der Waals surface area contributed by atoms with Gasteiger partial charge in [0, 0.05) is 6.20 Å². The van der Waals surface area contributed by atoms with E-state index in [4.69, 9.17) is 5.73 Å². The highest BCUT2D eigenvalue weighted by molar-refractivity contribution is 5.15. The van der Waals surface area contributed by atoms with Gasteiger partial charge in [0.05, 0.1) is 6.10 Å². The average Bonchev–Trinajstić information content (AvgIpc) is 2.17. The van der Waals surface area contributed by atoms with Crippen LogP contribution >= 0.6 is 0 Å². The molecule has 0 saturated heterocycles. The highest BCUT2D eigenvalue weighted by Crippen LogP contribution is 2.18. The first-order chi connectivity index (χ1) is 6.65. The molecule has 0 aliphatic rings. The molecule has 14 heavy (non-hydrogen) atoms. The molecule has 4 N–H and O–H groups in total. The summed E-state index contributed by atoms with van der Waals surface area (Å²) < 4.78 is 12.6. The van der Waals surface area contributed by atoms with Crippen molar-refractivity contribution in [3.8, 4) is 0 Å². The normalized spacial score (nSPS) is 15.1. The van der Waals surface area contributed by atoms with Gasteiger partial charge in [0.1, 0.15) is 6.10 Å². The largest absolute Gasteiger partial charge is 0.390 e. The number of aliphatic hydroxyl groups excluding tert-OH is 2. The fraction of sp³-hybridized carbons (Fsp3) is 0.444. The standard InChI is InChI=1S/C9H13FN2O2/c10-8-5-6(2-4-12-8)9(14)7(13)1-3-11/h2,4-5,7,9,13-14H,1,3,11H2. The second-order valence-electron chi connectivity index (χ2n) is 3.00. The Balaban J connectivity index is 2.73. The minimum Gasteiger partial charge on any atom is -0.390 e. The monoisotopic (exact) mass is 200 g/mol.